The minimum absolute atomic E-state index is 0.0320. The van der Waals surface area contributed by atoms with Gasteiger partial charge in [0.2, 0.25) is 0 Å². The number of para-hydroxylation sites is 1. The molecule has 0 radical (unpaired) electrons. The summed E-state index contributed by atoms with van der Waals surface area (Å²) >= 11 is 0. The third-order valence-electron chi connectivity index (χ3n) is 3.38. The standard InChI is InChI=1S/C17H22N2/c1-12-9-13(2)11-15(10-12)19(4)17-8-6-5-7-16(17)14(3)18/h5-11,14H,18H2,1-4H3/t14-/m1/s1. The first-order chi connectivity index (χ1) is 8.99. The normalized spacial score (nSPS) is 12.3. The first kappa shape index (κ1) is 13.6. The molecule has 19 heavy (non-hydrogen) atoms. The molecular formula is C17H22N2. The van der Waals surface area contributed by atoms with Crippen molar-refractivity contribution in [2.75, 3.05) is 11.9 Å². The van der Waals surface area contributed by atoms with Crippen LogP contribution in [0.15, 0.2) is 42.5 Å². The van der Waals surface area contributed by atoms with Crippen molar-refractivity contribution in [1.29, 1.82) is 0 Å². The molecule has 0 amide bonds. The van der Waals surface area contributed by atoms with Crippen LogP contribution in [0, 0.1) is 13.8 Å². The summed E-state index contributed by atoms with van der Waals surface area (Å²) in [6.45, 7) is 6.28. The number of hydrogen-bond acceptors (Lipinski definition) is 2. The molecule has 0 fully saturated rings. The maximum atomic E-state index is 6.06. The molecule has 1 atom stereocenters. The highest BCUT2D eigenvalue weighted by Crippen LogP contribution is 2.30. The van der Waals surface area contributed by atoms with Crippen molar-refractivity contribution in [1.82, 2.24) is 0 Å². The van der Waals surface area contributed by atoms with E-state index in [2.05, 4.69) is 62.2 Å². The lowest BCUT2D eigenvalue weighted by Gasteiger charge is -2.24. The maximum absolute atomic E-state index is 6.06. The summed E-state index contributed by atoms with van der Waals surface area (Å²) in [7, 11) is 2.09. The van der Waals surface area contributed by atoms with E-state index in [1.807, 2.05) is 13.0 Å². The highest BCUT2D eigenvalue weighted by atomic mass is 15.1. The summed E-state index contributed by atoms with van der Waals surface area (Å²) in [5.74, 6) is 0. The van der Waals surface area contributed by atoms with Crippen molar-refractivity contribution >= 4 is 11.4 Å². The van der Waals surface area contributed by atoms with Gasteiger partial charge in [0, 0.05) is 24.5 Å². The number of benzene rings is 2. The van der Waals surface area contributed by atoms with Gasteiger partial charge in [-0.15, -0.1) is 0 Å². The number of aryl methyl sites for hydroxylation is 2. The largest absolute Gasteiger partial charge is 0.344 e. The molecular weight excluding hydrogens is 232 g/mol. The Kier molecular flexibility index (Phi) is 3.91. The van der Waals surface area contributed by atoms with Crippen molar-refractivity contribution in [2.45, 2.75) is 26.8 Å². The molecule has 0 aliphatic heterocycles. The predicted octanol–water partition coefficient (Wildman–Crippen LogP) is 4.09. The molecule has 100 valence electrons. The van der Waals surface area contributed by atoms with Crippen LogP contribution in [0.3, 0.4) is 0 Å². The van der Waals surface area contributed by atoms with Gasteiger partial charge in [-0.05, 0) is 55.7 Å². The molecule has 0 unspecified atom stereocenters. The molecule has 0 aromatic heterocycles. The molecule has 0 bridgehead atoms. The van der Waals surface area contributed by atoms with Gasteiger partial charge in [0.15, 0.2) is 0 Å². The monoisotopic (exact) mass is 254 g/mol. The lowest BCUT2D eigenvalue weighted by molar-refractivity contribution is 0.815. The minimum atomic E-state index is 0.0320. The van der Waals surface area contributed by atoms with Gasteiger partial charge in [0.25, 0.3) is 0 Å². The van der Waals surface area contributed by atoms with Gasteiger partial charge < -0.3 is 10.6 Å². The Morgan fingerprint density at radius 3 is 2.16 bits per heavy atom. The van der Waals surface area contributed by atoms with E-state index >= 15 is 0 Å². The Morgan fingerprint density at radius 2 is 1.58 bits per heavy atom. The summed E-state index contributed by atoms with van der Waals surface area (Å²) in [6.07, 6.45) is 0. The lowest BCUT2D eigenvalue weighted by Crippen LogP contribution is -2.15. The van der Waals surface area contributed by atoms with Crippen LogP contribution in [0.4, 0.5) is 11.4 Å². The molecule has 2 rings (SSSR count). The van der Waals surface area contributed by atoms with Crippen LogP contribution in [0.5, 0.6) is 0 Å². The Hall–Kier alpha value is -1.80. The van der Waals surface area contributed by atoms with E-state index < -0.39 is 0 Å². The summed E-state index contributed by atoms with van der Waals surface area (Å²) in [4.78, 5) is 2.21. The van der Waals surface area contributed by atoms with Crippen LogP contribution in [0.25, 0.3) is 0 Å². The summed E-state index contributed by atoms with van der Waals surface area (Å²) in [6, 6.07) is 14.9. The van der Waals surface area contributed by atoms with Gasteiger partial charge in [-0.2, -0.15) is 0 Å². The number of nitrogens with zero attached hydrogens (tertiary/aromatic N) is 1. The van der Waals surface area contributed by atoms with E-state index in [0.29, 0.717) is 0 Å². The quantitative estimate of drug-likeness (QED) is 0.893. The fourth-order valence-corrected chi connectivity index (χ4v) is 2.46. The van der Waals surface area contributed by atoms with Crippen molar-refractivity contribution in [2.24, 2.45) is 5.73 Å². The fraction of sp³-hybridized carbons (Fsp3) is 0.294. The number of anilines is 2. The highest BCUT2D eigenvalue weighted by molar-refractivity contribution is 5.67. The van der Waals surface area contributed by atoms with E-state index in [1.165, 1.54) is 28.1 Å². The van der Waals surface area contributed by atoms with E-state index in [9.17, 15) is 0 Å². The zero-order valence-electron chi connectivity index (χ0n) is 12.1. The van der Waals surface area contributed by atoms with Gasteiger partial charge >= 0.3 is 0 Å². The second kappa shape index (κ2) is 5.45. The molecule has 2 N–H and O–H groups in total. The van der Waals surface area contributed by atoms with Gasteiger partial charge in [0.05, 0.1) is 0 Å². The van der Waals surface area contributed by atoms with Gasteiger partial charge in [-0.1, -0.05) is 24.3 Å². The molecule has 0 aliphatic carbocycles. The smallest absolute Gasteiger partial charge is 0.0456 e. The summed E-state index contributed by atoms with van der Waals surface area (Å²) in [5.41, 5.74) is 12.2. The first-order valence-corrected chi connectivity index (χ1v) is 6.65. The number of rotatable bonds is 3. The fourth-order valence-electron chi connectivity index (χ4n) is 2.46. The summed E-state index contributed by atoms with van der Waals surface area (Å²) < 4.78 is 0. The van der Waals surface area contributed by atoms with Crippen molar-refractivity contribution in [3.8, 4) is 0 Å². The lowest BCUT2D eigenvalue weighted by atomic mass is 10.0. The molecule has 0 spiro atoms. The molecule has 2 aromatic rings. The third-order valence-corrected chi connectivity index (χ3v) is 3.38. The second-order valence-electron chi connectivity index (χ2n) is 5.25. The first-order valence-electron chi connectivity index (χ1n) is 6.65. The van der Waals surface area contributed by atoms with Crippen LogP contribution >= 0.6 is 0 Å². The minimum Gasteiger partial charge on any atom is -0.344 e. The maximum Gasteiger partial charge on any atom is 0.0456 e. The van der Waals surface area contributed by atoms with Gasteiger partial charge in [-0.3, -0.25) is 0 Å². The Labute approximate surface area is 115 Å². The second-order valence-corrected chi connectivity index (χ2v) is 5.25. The van der Waals surface area contributed by atoms with Crippen LogP contribution in [-0.4, -0.2) is 7.05 Å². The molecule has 2 aromatic carbocycles. The zero-order chi connectivity index (χ0) is 14.0. The molecule has 2 heteroatoms. The average molecular weight is 254 g/mol. The third kappa shape index (κ3) is 2.96. The Morgan fingerprint density at radius 1 is 1.00 bits per heavy atom. The van der Waals surface area contributed by atoms with E-state index in [0.717, 1.165) is 0 Å². The topological polar surface area (TPSA) is 29.3 Å². The Balaban J connectivity index is 2.46. The van der Waals surface area contributed by atoms with Crippen LogP contribution in [0.2, 0.25) is 0 Å². The van der Waals surface area contributed by atoms with Crippen LogP contribution < -0.4 is 10.6 Å². The van der Waals surface area contributed by atoms with Crippen LogP contribution in [0.1, 0.15) is 29.7 Å². The van der Waals surface area contributed by atoms with E-state index in [1.54, 1.807) is 0 Å². The molecule has 0 aliphatic rings. The summed E-state index contributed by atoms with van der Waals surface area (Å²) in [5, 5.41) is 0. The predicted molar refractivity (Wildman–Crippen MR) is 83.0 cm³/mol. The number of hydrogen-bond donors (Lipinski definition) is 1. The van der Waals surface area contributed by atoms with Gasteiger partial charge in [-0.25, -0.2) is 0 Å². The average Bonchev–Trinajstić information content (AvgIpc) is 2.36. The Bertz CT molecular complexity index is 553. The van der Waals surface area contributed by atoms with Crippen molar-refractivity contribution in [3.63, 3.8) is 0 Å². The van der Waals surface area contributed by atoms with E-state index in [4.69, 9.17) is 5.73 Å². The van der Waals surface area contributed by atoms with E-state index in [-0.39, 0.29) is 6.04 Å². The highest BCUT2D eigenvalue weighted by Gasteiger charge is 2.11. The van der Waals surface area contributed by atoms with Crippen molar-refractivity contribution < 1.29 is 0 Å². The van der Waals surface area contributed by atoms with Crippen LogP contribution in [-0.2, 0) is 0 Å². The molecule has 0 saturated heterocycles. The molecule has 0 heterocycles. The number of nitrogens with two attached hydrogens (primary N) is 1. The zero-order valence-corrected chi connectivity index (χ0v) is 12.1. The molecule has 0 saturated carbocycles. The SMILES string of the molecule is Cc1cc(C)cc(N(C)c2ccccc2[C@@H](C)N)c1. The molecule has 2 nitrogen and oxygen atoms in total. The van der Waals surface area contributed by atoms with Gasteiger partial charge in [0.1, 0.15) is 0 Å². The van der Waals surface area contributed by atoms with Crippen molar-refractivity contribution in [3.05, 3.63) is 59.2 Å².